The number of amidine groups is 1. The second-order valence-electron chi connectivity index (χ2n) is 10.4. The van der Waals surface area contributed by atoms with Gasteiger partial charge in [0.15, 0.2) is 0 Å². The topological polar surface area (TPSA) is 112 Å². The Morgan fingerprint density at radius 1 is 1.07 bits per heavy atom. The van der Waals surface area contributed by atoms with Crippen molar-refractivity contribution in [3.05, 3.63) is 93.2 Å². The van der Waals surface area contributed by atoms with Crippen molar-refractivity contribution in [2.45, 2.75) is 23.9 Å². The summed E-state index contributed by atoms with van der Waals surface area (Å²) in [6, 6.07) is 14.0. The van der Waals surface area contributed by atoms with E-state index in [0.29, 0.717) is 21.2 Å². The van der Waals surface area contributed by atoms with Gasteiger partial charge in [-0.3, -0.25) is 14.7 Å². The number of benzene rings is 3. The fraction of sp³-hybridized carbons (Fsp3) is 0.300. The quantitative estimate of drug-likeness (QED) is 0.388. The standard InChI is InChI=1S/C30H30Cl2FN5O5S/c1-4-43-24-16-23(33)25(44(41,42)36(2)3)15-22(24)29-35-27(18-5-9-20(31)10-6-18)28(19-7-11-21(32)12-8-19)38(29)30(40)37-14-13-34-26(39)17-37/h5-12,15-16,27-28H,4,13-14,17H2,1-3H3,(H,34,39). The van der Waals surface area contributed by atoms with Gasteiger partial charge in [0.05, 0.1) is 18.2 Å². The lowest BCUT2D eigenvalue weighted by molar-refractivity contribution is -0.123. The Morgan fingerprint density at radius 2 is 1.68 bits per heavy atom. The summed E-state index contributed by atoms with van der Waals surface area (Å²) in [6.45, 7) is 2.12. The molecule has 1 saturated heterocycles. The minimum Gasteiger partial charge on any atom is -0.493 e. The van der Waals surface area contributed by atoms with E-state index in [0.717, 1.165) is 16.4 Å². The van der Waals surface area contributed by atoms with Crippen LogP contribution in [0.25, 0.3) is 0 Å². The van der Waals surface area contributed by atoms with Gasteiger partial charge < -0.3 is 15.0 Å². The first kappa shape index (κ1) is 31.7. The smallest absolute Gasteiger partial charge is 0.326 e. The third-order valence-corrected chi connectivity index (χ3v) is 9.67. The molecule has 2 aliphatic heterocycles. The van der Waals surface area contributed by atoms with Crippen molar-refractivity contribution in [2.24, 2.45) is 4.99 Å². The molecule has 0 bridgehead atoms. The first-order valence-corrected chi connectivity index (χ1v) is 15.9. The molecule has 2 heterocycles. The lowest BCUT2D eigenvalue weighted by Crippen LogP contribution is -2.55. The van der Waals surface area contributed by atoms with Crippen LogP contribution in [-0.2, 0) is 14.8 Å². The number of carbonyl (C=O) groups is 2. The molecular formula is C30H30Cl2FN5O5S. The monoisotopic (exact) mass is 661 g/mol. The van der Waals surface area contributed by atoms with Crippen LogP contribution in [0.3, 0.4) is 0 Å². The Bertz CT molecular complexity index is 1720. The molecule has 0 aromatic heterocycles. The fourth-order valence-electron chi connectivity index (χ4n) is 5.19. The predicted molar refractivity (Wildman–Crippen MR) is 165 cm³/mol. The van der Waals surface area contributed by atoms with E-state index in [1.165, 1.54) is 23.9 Å². The van der Waals surface area contributed by atoms with E-state index in [1.54, 1.807) is 55.5 Å². The molecule has 3 aromatic carbocycles. The average Bonchev–Trinajstić information content (AvgIpc) is 3.38. The Kier molecular flexibility index (Phi) is 9.17. The molecule has 0 radical (unpaired) electrons. The number of hydrogen-bond donors (Lipinski definition) is 1. The van der Waals surface area contributed by atoms with E-state index in [9.17, 15) is 18.0 Å². The highest BCUT2D eigenvalue weighted by molar-refractivity contribution is 7.89. The summed E-state index contributed by atoms with van der Waals surface area (Å²) in [5.41, 5.74) is 1.47. The van der Waals surface area contributed by atoms with Crippen LogP contribution in [0.1, 0.15) is 35.7 Å². The second kappa shape index (κ2) is 12.7. The van der Waals surface area contributed by atoms with Crippen LogP contribution in [0.5, 0.6) is 5.75 Å². The number of nitrogens with one attached hydrogen (secondary N) is 1. The van der Waals surface area contributed by atoms with Gasteiger partial charge in [-0.2, -0.15) is 0 Å². The highest BCUT2D eigenvalue weighted by Gasteiger charge is 2.45. The summed E-state index contributed by atoms with van der Waals surface area (Å²) in [5.74, 6) is -1.28. The number of aliphatic imine (C=N–C) groups is 1. The van der Waals surface area contributed by atoms with Crippen molar-refractivity contribution in [2.75, 3.05) is 40.3 Å². The molecule has 44 heavy (non-hydrogen) atoms. The lowest BCUT2D eigenvalue weighted by atomic mass is 9.93. The number of piperazine rings is 1. The molecule has 3 amide bonds. The fourth-order valence-corrected chi connectivity index (χ4v) is 6.41. The van der Waals surface area contributed by atoms with E-state index < -0.39 is 38.9 Å². The molecule has 0 saturated carbocycles. The Hall–Kier alpha value is -3.71. The number of nitrogens with zero attached hydrogens (tertiary/aromatic N) is 4. The zero-order valence-electron chi connectivity index (χ0n) is 24.1. The molecule has 2 unspecified atom stereocenters. The number of halogens is 3. The average molecular weight is 663 g/mol. The van der Waals surface area contributed by atoms with Gasteiger partial charge in [0.2, 0.25) is 15.9 Å². The number of carbonyl (C=O) groups excluding carboxylic acids is 2. The van der Waals surface area contributed by atoms with Crippen LogP contribution in [-0.4, -0.2) is 80.6 Å². The number of urea groups is 1. The Balaban J connectivity index is 1.78. The molecule has 232 valence electrons. The zero-order chi connectivity index (χ0) is 31.8. The van der Waals surface area contributed by atoms with Crippen LogP contribution in [0, 0.1) is 5.82 Å². The maximum absolute atomic E-state index is 15.4. The number of hydrogen-bond acceptors (Lipinski definition) is 6. The second-order valence-corrected chi connectivity index (χ2v) is 13.4. The van der Waals surface area contributed by atoms with Gasteiger partial charge >= 0.3 is 6.03 Å². The van der Waals surface area contributed by atoms with Gasteiger partial charge in [-0.05, 0) is 48.4 Å². The molecule has 2 atom stereocenters. The van der Waals surface area contributed by atoms with E-state index in [1.807, 2.05) is 0 Å². The maximum atomic E-state index is 15.4. The van der Waals surface area contributed by atoms with Crippen LogP contribution < -0.4 is 10.1 Å². The van der Waals surface area contributed by atoms with Gasteiger partial charge in [-0.1, -0.05) is 47.5 Å². The SMILES string of the molecule is CCOc1cc(F)c(S(=O)(=O)N(C)C)cc1C1=NC(c2ccc(Cl)cc2)C(c2ccc(Cl)cc2)N1C(=O)N1CCNC(=O)C1. The van der Waals surface area contributed by atoms with Gasteiger partial charge in [0.25, 0.3) is 0 Å². The molecule has 10 nitrogen and oxygen atoms in total. The van der Waals surface area contributed by atoms with Gasteiger partial charge in [0, 0.05) is 43.3 Å². The van der Waals surface area contributed by atoms with Crippen LogP contribution in [0.4, 0.5) is 9.18 Å². The summed E-state index contributed by atoms with van der Waals surface area (Å²) < 4.78 is 48.4. The predicted octanol–water partition coefficient (Wildman–Crippen LogP) is 4.88. The van der Waals surface area contributed by atoms with Gasteiger partial charge in [0.1, 0.15) is 34.9 Å². The van der Waals surface area contributed by atoms with Crippen LogP contribution in [0.2, 0.25) is 10.0 Å². The number of sulfonamides is 1. The molecule has 1 N–H and O–H groups in total. The summed E-state index contributed by atoms with van der Waals surface area (Å²) in [5, 5.41) is 3.70. The van der Waals surface area contributed by atoms with Gasteiger partial charge in [-0.15, -0.1) is 0 Å². The zero-order valence-corrected chi connectivity index (χ0v) is 26.5. The highest BCUT2D eigenvalue weighted by Crippen LogP contribution is 2.46. The molecule has 14 heteroatoms. The van der Waals surface area contributed by atoms with Crippen molar-refractivity contribution in [3.8, 4) is 5.75 Å². The molecule has 5 rings (SSSR count). The van der Waals surface area contributed by atoms with Crippen molar-refractivity contribution >= 4 is 51.0 Å². The third kappa shape index (κ3) is 6.12. The summed E-state index contributed by atoms with van der Waals surface area (Å²) >= 11 is 12.4. The van der Waals surface area contributed by atoms with Crippen molar-refractivity contribution < 1.29 is 27.1 Å². The van der Waals surface area contributed by atoms with E-state index in [4.69, 9.17) is 32.9 Å². The summed E-state index contributed by atoms with van der Waals surface area (Å²) in [4.78, 5) is 34.0. The maximum Gasteiger partial charge on any atom is 0.326 e. The minimum atomic E-state index is -4.25. The summed E-state index contributed by atoms with van der Waals surface area (Å²) in [6.07, 6.45) is 0. The molecule has 1 fully saturated rings. The van der Waals surface area contributed by atoms with Crippen molar-refractivity contribution in [1.29, 1.82) is 0 Å². The molecular weight excluding hydrogens is 632 g/mol. The molecule has 0 aliphatic carbocycles. The minimum absolute atomic E-state index is 0.00209. The number of ether oxygens (including phenoxy) is 1. The molecule has 2 aliphatic rings. The van der Waals surface area contributed by atoms with E-state index in [-0.39, 0.29) is 49.3 Å². The van der Waals surface area contributed by atoms with Gasteiger partial charge in [-0.25, -0.2) is 21.9 Å². The lowest BCUT2D eigenvalue weighted by Gasteiger charge is -2.36. The van der Waals surface area contributed by atoms with Crippen molar-refractivity contribution in [1.82, 2.24) is 19.4 Å². The highest BCUT2D eigenvalue weighted by atomic mass is 35.5. The van der Waals surface area contributed by atoms with E-state index >= 15 is 4.39 Å². The Labute approximate surface area is 265 Å². The number of rotatable bonds is 7. The first-order valence-electron chi connectivity index (χ1n) is 13.7. The normalized spacial score (nSPS) is 18.8. The third-order valence-electron chi connectivity index (χ3n) is 7.34. The summed E-state index contributed by atoms with van der Waals surface area (Å²) in [7, 11) is -1.66. The molecule has 3 aromatic rings. The largest absolute Gasteiger partial charge is 0.493 e. The first-order chi connectivity index (χ1) is 20.9. The number of amides is 3. The van der Waals surface area contributed by atoms with Crippen LogP contribution in [0.15, 0.2) is 70.6 Å². The molecule has 0 spiro atoms. The Morgan fingerprint density at radius 3 is 2.25 bits per heavy atom. The van der Waals surface area contributed by atoms with Crippen LogP contribution >= 0.6 is 23.2 Å². The van der Waals surface area contributed by atoms with E-state index in [2.05, 4.69) is 5.32 Å². The van der Waals surface area contributed by atoms with Crippen molar-refractivity contribution in [3.63, 3.8) is 0 Å².